The van der Waals surface area contributed by atoms with Crippen molar-refractivity contribution in [3.05, 3.63) is 35.9 Å². The summed E-state index contributed by atoms with van der Waals surface area (Å²) in [6.07, 6.45) is 4.27. The van der Waals surface area contributed by atoms with E-state index in [9.17, 15) is 14.4 Å². The number of benzene rings is 1. The number of carbonyl (C=O) groups is 3. The summed E-state index contributed by atoms with van der Waals surface area (Å²) in [5.74, 6) is 0.757. The lowest BCUT2D eigenvalue weighted by Gasteiger charge is -2.20. The fraction of sp³-hybridized carbons (Fsp3) is 0.389. The minimum atomic E-state index is -0.927. The van der Waals surface area contributed by atoms with Gasteiger partial charge < -0.3 is 20.1 Å². The molecule has 1 aromatic rings. The molecule has 25 heavy (non-hydrogen) atoms. The molecule has 7 heteroatoms. The first-order valence-electron chi connectivity index (χ1n) is 7.78. The molecular weight excluding hydrogens is 324 g/mol. The average Bonchev–Trinajstić information content (AvgIpc) is 2.61. The van der Waals surface area contributed by atoms with Gasteiger partial charge in [0.25, 0.3) is 5.91 Å². The van der Waals surface area contributed by atoms with E-state index in [0.29, 0.717) is 0 Å². The van der Waals surface area contributed by atoms with Crippen molar-refractivity contribution in [2.45, 2.75) is 26.5 Å². The van der Waals surface area contributed by atoms with Gasteiger partial charge in [0.15, 0.2) is 6.61 Å². The molecule has 0 aliphatic rings. The highest BCUT2D eigenvalue weighted by molar-refractivity contribution is 5.85. The molecule has 0 heterocycles. The van der Waals surface area contributed by atoms with Crippen molar-refractivity contribution in [1.29, 1.82) is 0 Å². The minimum Gasteiger partial charge on any atom is -0.454 e. The number of carbonyl (C=O) groups excluding carboxylic acids is 3. The fourth-order valence-electron chi connectivity index (χ4n) is 1.82. The van der Waals surface area contributed by atoms with E-state index in [4.69, 9.17) is 15.9 Å². The van der Waals surface area contributed by atoms with Crippen LogP contribution in [0.25, 0.3) is 0 Å². The van der Waals surface area contributed by atoms with E-state index in [1.807, 2.05) is 30.3 Å². The van der Waals surface area contributed by atoms with Gasteiger partial charge in [-0.05, 0) is 11.5 Å². The number of hydrogen-bond donors (Lipinski definition) is 2. The first-order valence-corrected chi connectivity index (χ1v) is 7.78. The summed E-state index contributed by atoms with van der Waals surface area (Å²) in [5.41, 5.74) is 0.825. The molecule has 1 atom stereocenters. The lowest BCUT2D eigenvalue weighted by molar-refractivity contribution is -0.151. The Morgan fingerprint density at radius 1 is 1.16 bits per heavy atom. The van der Waals surface area contributed by atoms with Crippen LogP contribution in [0.3, 0.4) is 0 Å². The number of alkyl carbamates (subject to hydrolysis) is 1. The summed E-state index contributed by atoms with van der Waals surface area (Å²) in [4.78, 5) is 35.3. The van der Waals surface area contributed by atoms with Crippen molar-refractivity contribution in [2.75, 3.05) is 13.2 Å². The molecule has 2 N–H and O–H groups in total. The number of nitrogens with one attached hydrogen (secondary N) is 2. The van der Waals surface area contributed by atoms with Crippen molar-refractivity contribution in [3.63, 3.8) is 0 Å². The third-order valence-corrected chi connectivity index (χ3v) is 3.14. The van der Waals surface area contributed by atoms with Crippen molar-refractivity contribution < 1.29 is 23.9 Å². The molecule has 1 aromatic carbocycles. The Bertz CT molecular complexity index is 622. The van der Waals surface area contributed by atoms with Gasteiger partial charge in [-0.2, -0.15) is 0 Å². The third kappa shape index (κ3) is 7.88. The molecule has 0 unspecified atom stereocenters. The fourth-order valence-corrected chi connectivity index (χ4v) is 1.82. The SMILES string of the molecule is C#CCNC(=O)COC(=O)[C@@H](NC(=O)OCc1ccccc1)C(C)C. The zero-order valence-electron chi connectivity index (χ0n) is 14.3. The van der Waals surface area contributed by atoms with Crippen LogP contribution in [0.2, 0.25) is 0 Å². The van der Waals surface area contributed by atoms with Crippen LogP contribution in [-0.4, -0.2) is 37.2 Å². The van der Waals surface area contributed by atoms with Crippen molar-refractivity contribution in [3.8, 4) is 12.3 Å². The van der Waals surface area contributed by atoms with E-state index in [-0.39, 0.29) is 19.1 Å². The Kier molecular flexibility index (Phi) is 8.58. The molecular formula is C18H22N2O5. The van der Waals surface area contributed by atoms with Gasteiger partial charge in [0.05, 0.1) is 6.54 Å². The Hall–Kier alpha value is -3.01. The van der Waals surface area contributed by atoms with Crippen LogP contribution >= 0.6 is 0 Å². The normalized spacial score (nSPS) is 11.1. The molecule has 0 fully saturated rings. The molecule has 0 spiro atoms. The van der Waals surface area contributed by atoms with Crippen LogP contribution in [0.15, 0.2) is 30.3 Å². The first-order chi connectivity index (χ1) is 11.9. The van der Waals surface area contributed by atoms with Crippen LogP contribution in [0.4, 0.5) is 4.79 Å². The van der Waals surface area contributed by atoms with Crippen LogP contribution in [0.1, 0.15) is 19.4 Å². The summed E-state index contributed by atoms with van der Waals surface area (Å²) < 4.78 is 9.98. The average molecular weight is 346 g/mol. The highest BCUT2D eigenvalue weighted by atomic mass is 16.6. The zero-order valence-corrected chi connectivity index (χ0v) is 14.3. The Labute approximate surface area is 147 Å². The standard InChI is InChI=1S/C18H22N2O5/c1-4-10-19-15(21)12-24-17(22)16(13(2)3)20-18(23)25-11-14-8-6-5-7-9-14/h1,5-9,13,16H,10-12H2,2-3H3,(H,19,21)(H,20,23)/t16-/m0/s1. The first kappa shape index (κ1) is 20.0. The lowest BCUT2D eigenvalue weighted by Crippen LogP contribution is -2.46. The maximum Gasteiger partial charge on any atom is 0.408 e. The lowest BCUT2D eigenvalue weighted by atomic mass is 10.1. The van der Waals surface area contributed by atoms with Gasteiger partial charge in [0, 0.05) is 0 Å². The largest absolute Gasteiger partial charge is 0.454 e. The number of hydrogen-bond acceptors (Lipinski definition) is 5. The van der Waals surface area contributed by atoms with E-state index in [1.165, 1.54) is 0 Å². The number of terminal acetylenes is 1. The third-order valence-electron chi connectivity index (χ3n) is 3.14. The predicted octanol–water partition coefficient (Wildman–Crippen LogP) is 1.23. The van der Waals surface area contributed by atoms with E-state index >= 15 is 0 Å². The van der Waals surface area contributed by atoms with Crippen LogP contribution < -0.4 is 10.6 Å². The molecule has 0 saturated heterocycles. The molecule has 7 nitrogen and oxygen atoms in total. The molecule has 1 rings (SSSR count). The smallest absolute Gasteiger partial charge is 0.408 e. The van der Waals surface area contributed by atoms with Gasteiger partial charge in [-0.3, -0.25) is 4.79 Å². The second kappa shape index (κ2) is 10.7. The number of rotatable bonds is 8. The minimum absolute atomic E-state index is 0.0497. The van der Waals surface area contributed by atoms with Crippen LogP contribution in [0.5, 0.6) is 0 Å². The maximum absolute atomic E-state index is 12.1. The van der Waals surface area contributed by atoms with Crippen molar-refractivity contribution in [1.82, 2.24) is 10.6 Å². The summed E-state index contributed by atoms with van der Waals surface area (Å²) in [7, 11) is 0. The number of esters is 1. The topological polar surface area (TPSA) is 93.7 Å². The van der Waals surface area contributed by atoms with Crippen LogP contribution in [-0.2, 0) is 25.7 Å². The van der Waals surface area contributed by atoms with E-state index in [0.717, 1.165) is 5.56 Å². The Morgan fingerprint density at radius 3 is 2.44 bits per heavy atom. The van der Waals surface area contributed by atoms with Gasteiger partial charge in [0.1, 0.15) is 12.6 Å². The second-order valence-corrected chi connectivity index (χ2v) is 5.52. The second-order valence-electron chi connectivity index (χ2n) is 5.52. The van der Waals surface area contributed by atoms with Gasteiger partial charge in [-0.25, -0.2) is 9.59 Å². The summed E-state index contributed by atoms with van der Waals surface area (Å²) in [6, 6.07) is 8.22. The monoisotopic (exact) mass is 346 g/mol. The molecule has 0 bridgehead atoms. The summed E-state index contributed by atoms with van der Waals surface area (Å²) >= 11 is 0. The quantitative estimate of drug-likeness (QED) is 0.545. The summed E-state index contributed by atoms with van der Waals surface area (Å²) in [5, 5.41) is 4.82. The van der Waals surface area contributed by atoms with Crippen LogP contribution in [0, 0.1) is 18.3 Å². The van der Waals surface area contributed by atoms with Gasteiger partial charge in [-0.15, -0.1) is 6.42 Å². The van der Waals surface area contributed by atoms with E-state index < -0.39 is 30.6 Å². The molecule has 0 aromatic heterocycles. The predicted molar refractivity (Wildman–Crippen MR) is 91.2 cm³/mol. The number of ether oxygens (including phenoxy) is 2. The molecule has 0 aliphatic heterocycles. The van der Waals surface area contributed by atoms with E-state index in [1.54, 1.807) is 13.8 Å². The molecule has 0 radical (unpaired) electrons. The van der Waals surface area contributed by atoms with E-state index in [2.05, 4.69) is 16.6 Å². The highest BCUT2D eigenvalue weighted by Gasteiger charge is 2.26. The number of amides is 2. The van der Waals surface area contributed by atoms with Gasteiger partial charge in [0.2, 0.25) is 0 Å². The molecule has 134 valence electrons. The Balaban J connectivity index is 2.46. The van der Waals surface area contributed by atoms with Gasteiger partial charge in [-0.1, -0.05) is 50.1 Å². The molecule has 0 saturated carbocycles. The van der Waals surface area contributed by atoms with Crippen molar-refractivity contribution >= 4 is 18.0 Å². The molecule has 2 amide bonds. The summed E-state index contributed by atoms with van der Waals surface area (Å²) in [6.45, 7) is 3.14. The van der Waals surface area contributed by atoms with Gasteiger partial charge >= 0.3 is 12.1 Å². The maximum atomic E-state index is 12.1. The zero-order chi connectivity index (χ0) is 18.7. The molecule has 0 aliphatic carbocycles. The Morgan fingerprint density at radius 2 is 1.84 bits per heavy atom. The van der Waals surface area contributed by atoms with Crippen molar-refractivity contribution in [2.24, 2.45) is 5.92 Å². The highest BCUT2D eigenvalue weighted by Crippen LogP contribution is 2.06.